The van der Waals surface area contributed by atoms with Crippen LogP contribution in [0.3, 0.4) is 0 Å². The van der Waals surface area contributed by atoms with Crippen LogP contribution >= 0.6 is 0 Å². The van der Waals surface area contributed by atoms with Crippen LogP contribution in [-0.4, -0.2) is 38.6 Å². The predicted octanol–water partition coefficient (Wildman–Crippen LogP) is 2.56. The number of amides is 1. The van der Waals surface area contributed by atoms with Crippen molar-refractivity contribution in [1.29, 1.82) is 0 Å². The summed E-state index contributed by atoms with van der Waals surface area (Å²) in [7, 11) is 0. The second kappa shape index (κ2) is 7.87. The van der Waals surface area contributed by atoms with E-state index in [-0.39, 0.29) is 11.9 Å². The smallest absolute Gasteiger partial charge is 0.221 e. The maximum Gasteiger partial charge on any atom is 0.221 e. The lowest BCUT2D eigenvalue weighted by Crippen LogP contribution is -2.40. The van der Waals surface area contributed by atoms with Crippen molar-refractivity contribution in [3.63, 3.8) is 0 Å². The number of carbonyl (C=O) groups excluding carboxylic acids is 1. The molecule has 0 atom stereocenters. The molecule has 142 valence electrons. The average Bonchev–Trinajstić information content (AvgIpc) is 3.35. The fraction of sp³-hybridized carbons (Fsp3) is 0.550. The third-order valence-electron chi connectivity index (χ3n) is 5.24. The van der Waals surface area contributed by atoms with Crippen LogP contribution in [-0.2, 0) is 4.79 Å². The van der Waals surface area contributed by atoms with E-state index in [0.29, 0.717) is 24.9 Å². The number of nitrogens with zero attached hydrogens (tertiary/aromatic N) is 3. The van der Waals surface area contributed by atoms with E-state index in [2.05, 4.69) is 38.0 Å². The van der Waals surface area contributed by atoms with Crippen molar-refractivity contribution in [3.8, 4) is 12.3 Å². The molecule has 2 aromatic heterocycles. The third kappa shape index (κ3) is 4.51. The lowest BCUT2D eigenvalue weighted by Gasteiger charge is -2.30. The first kappa shape index (κ1) is 17.7. The van der Waals surface area contributed by atoms with Crippen LogP contribution in [0.2, 0.25) is 0 Å². The SMILES string of the molecule is C#CCCC(=O)NC1CCC(Nc2cc(NC3CC3)c3nccn3n2)CC1. The standard InChI is InChI=1S/C20H26N6O/c1-2-3-4-19(27)24-16-9-7-15(8-10-16)23-18-13-17(22-14-5-6-14)20-21-11-12-26(20)25-18/h1,11-16,22H,3-10H2,(H,23,25)(H,24,27). The molecule has 2 saturated carbocycles. The maximum absolute atomic E-state index is 11.8. The minimum atomic E-state index is 0.0624. The third-order valence-corrected chi connectivity index (χ3v) is 5.24. The Kier molecular flexibility index (Phi) is 5.14. The molecule has 2 aromatic rings. The Bertz CT molecular complexity index is 842. The van der Waals surface area contributed by atoms with Crippen molar-refractivity contribution in [1.82, 2.24) is 19.9 Å². The molecule has 0 spiro atoms. The summed E-state index contributed by atoms with van der Waals surface area (Å²) in [5.41, 5.74) is 1.90. The van der Waals surface area contributed by atoms with Crippen molar-refractivity contribution in [2.45, 2.75) is 69.5 Å². The molecule has 3 N–H and O–H groups in total. The van der Waals surface area contributed by atoms with Gasteiger partial charge in [0, 0.05) is 49.4 Å². The minimum absolute atomic E-state index is 0.0624. The van der Waals surface area contributed by atoms with Crippen molar-refractivity contribution in [2.24, 2.45) is 0 Å². The molecular formula is C20H26N6O. The Morgan fingerprint density at radius 3 is 2.59 bits per heavy atom. The Morgan fingerprint density at radius 2 is 1.85 bits per heavy atom. The van der Waals surface area contributed by atoms with Crippen LogP contribution in [0, 0.1) is 12.3 Å². The quantitative estimate of drug-likeness (QED) is 0.656. The number of hydrogen-bond acceptors (Lipinski definition) is 5. The van der Waals surface area contributed by atoms with Gasteiger partial charge in [0.1, 0.15) is 5.82 Å². The van der Waals surface area contributed by atoms with Crippen molar-refractivity contribution in [3.05, 3.63) is 18.5 Å². The number of anilines is 2. The zero-order valence-electron chi connectivity index (χ0n) is 15.4. The highest BCUT2D eigenvalue weighted by molar-refractivity contribution is 5.76. The highest BCUT2D eigenvalue weighted by Crippen LogP contribution is 2.29. The molecule has 7 nitrogen and oxygen atoms in total. The van der Waals surface area contributed by atoms with E-state index in [9.17, 15) is 4.79 Å². The van der Waals surface area contributed by atoms with Crippen LogP contribution in [0.25, 0.3) is 5.65 Å². The molecule has 0 unspecified atom stereocenters. The Morgan fingerprint density at radius 1 is 1.15 bits per heavy atom. The highest BCUT2D eigenvalue weighted by Gasteiger charge is 2.24. The van der Waals surface area contributed by atoms with Gasteiger partial charge in [-0.3, -0.25) is 4.79 Å². The number of aromatic nitrogens is 3. The number of carbonyl (C=O) groups is 1. The van der Waals surface area contributed by atoms with Crippen LogP contribution < -0.4 is 16.0 Å². The molecular weight excluding hydrogens is 340 g/mol. The van der Waals surface area contributed by atoms with E-state index in [1.165, 1.54) is 12.8 Å². The fourth-order valence-electron chi connectivity index (χ4n) is 3.62. The van der Waals surface area contributed by atoms with E-state index in [1.54, 1.807) is 6.20 Å². The second-order valence-corrected chi connectivity index (χ2v) is 7.52. The van der Waals surface area contributed by atoms with Gasteiger partial charge in [0.05, 0.1) is 5.69 Å². The molecule has 4 rings (SSSR count). The summed E-state index contributed by atoms with van der Waals surface area (Å²) in [6.45, 7) is 0. The molecule has 2 aliphatic carbocycles. The van der Waals surface area contributed by atoms with E-state index in [0.717, 1.165) is 42.8 Å². The molecule has 0 aromatic carbocycles. The van der Waals surface area contributed by atoms with Crippen LogP contribution in [0.15, 0.2) is 18.5 Å². The van der Waals surface area contributed by atoms with E-state index >= 15 is 0 Å². The van der Waals surface area contributed by atoms with Gasteiger partial charge in [-0.15, -0.1) is 17.4 Å². The van der Waals surface area contributed by atoms with Gasteiger partial charge in [-0.1, -0.05) is 0 Å². The normalized spacial score (nSPS) is 22.2. The number of imidazole rings is 1. The summed E-state index contributed by atoms with van der Waals surface area (Å²) >= 11 is 0. The number of rotatable bonds is 7. The first-order chi connectivity index (χ1) is 13.2. The summed E-state index contributed by atoms with van der Waals surface area (Å²) in [4.78, 5) is 16.2. The zero-order valence-corrected chi connectivity index (χ0v) is 15.4. The Balaban J connectivity index is 1.33. The van der Waals surface area contributed by atoms with Crippen LogP contribution in [0.1, 0.15) is 51.4 Å². The number of fused-ring (bicyclic) bond motifs is 1. The minimum Gasteiger partial charge on any atom is -0.379 e. The molecule has 2 heterocycles. The van der Waals surface area contributed by atoms with Gasteiger partial charge in [0.2, 0.25) is 5.91 Å². The number of nitrogens with one attached hydrogen (secondary N) is 3. The van der Waals surface area contributed by atoms with Gasteiger partial charge >= 0.3 is 0 Å². The van der Waals surface area contributed by atoms with Gasteiger partial charge < -0.3 is 16.0 Å². The summed E-state index contributed by atoms with van der Waals surface area (Å²) in [6.07, 6.45) is 16.2. The molecule has 0 aliphatic heterocycles. The van der Waals surface area contributed by atoms with Gasteiger partial charge in [-0.05, 0) is 38.5 Å². The Hall–Kier alpha value is -2.75. The van der Waals surface area contributed by atoms with Gasteiger partial charge in [0.25, 0.3) is 0 Å². The second-order valence-electron chi connectivity index (χ2n) is 7.52. The summed E-state index contributed by atoms with van der Waals surface area (Å²) < 4.78 is 1.82. The topological polar surface area (TPSA) is 83.4 Å². The van der Waals surface area contributed by atoms with Crippen molar-refractivity contribution in [2.75, 3.05) is 10.6 Å². The monoisotopic (exact) mass is 366 g/mol. The summed E-state index contributed by atoms with van der Waals surface area (Å²) in [6, 6.07) is 3.25. The van der Waals surface area contributed by atoms with Crippen molar-refractivity contribution >= 4 is 23.1 Å². The molecule has 2 aliphatic rings. The lowest BCUT2D eigenvalue weighted by atomic mass is 9.91. The largest absolute Gasteiger partial charge is 0.379 e. The first-order valence-electron chi connectivity index (χ1n) is 9.81. The van der Waals surface area contributed by atoms with E-state index < -0.39 is 0 Å². The Labute approximate surface area is 159 Å². The molecule has 1 amide bonds. The molecule has 0 saturated heterocycles. The van der Waals surface area contributed by atoms with Gasteiger partial charge in [-0.2, -0.15) is 0 Å². The lowest BCUT2D eigenvalue weighted by molar-refractivity contribution is -0.121. The predicted molar refractivity (Wildman–Crippen MR) is 106 cm³/mol. The molecule has 0 bridgehead atoms. The van der Waals surface area contributed by atoms with E-state index in [4.69, 9.17) is 6.42 Å². The summed E-state index contributed by atoms with van der Waals surface area (Å²) in [5.74, 6) is 3.44. The molecule has 27 heavy (non-hydrogen) atoms. The first-order valence-corrected chi connectivity index (χ1v) is 9.81. The number of hydrogen-bond donors (Lipinski definition) is 3. The number of terminal acetylenes is 1. The fourth-order valence-corrected chi connectivity index (χ4v) is 3.62. The highest BCUT2D eigenvalue weighted by atomic mass is 16.1. The molecule has 0 radical (unpaired) electrons. The maximum atomic E-state index is 11.8. The van der Waals surface area contributed by atoms with Crippen LogP contribution in [0.4, 0.5) is 11.5 Å². The zero-order chi connectivity index (χ0) is 18.6. The van der Waals surface area contributed by atoms with Crippen LogP contribution in [0.5, 0.6) is 0 Å². The average molecular weight is 366 g/mol. The van der Waals surface area contributed by atoms with Gasteiger partial charge in [-0.25, -0.2) is 9.50 Å². The molecule has 7 heteroatoms. The van der Waals surface area contributed by atoms with Crippen molar-refractivity contribution < 1.29 is 4.79 Å². The summed E-state index contributed by atoms with van der Waals surface area (Å²) in [5, 5.41) is 14.8. The van der Waals surface area contributed by atoms with E-state index in [1.807, 2.05) is 10.7 Å². The molecule has 2 fully saturated rings. The van der Waals surface area contributed by atoms with Gasteiger partial charge in [0.15, 0.2) is 5.65 Å².